The lowest BCUT2D eigenvalue weighted by Gasteiger charge is -2.21. The molecule has 0 aromatic carbocycles. The quantitative estimate of drug-likeness (QED) is 0.628. The molecule has 0 aliphatic rings. The van der Waals surface area contributed by atoms with E-state index in [0.717, 1.165) is 0 Å². The average molecular weight is 296 g/mol. The Kier molecular flexibility index (Phi) is 5.60. The summed E-state index contributed by atoms with van der Waals surface area (Å²) in [5.74, 6) is -0.238. The molecule has 0 aliphatic heterocycles. The van der Waals surface area contributed by atoms with E-state index in [2.05, 4.69) is 10.3 Å². The third-order valence-corrected chi connectivity index (χ3v) is 2.58. The molecule has 0 spiro atoms. The summed E-state index contributed by atoms with van der Waals surface area (Å²) in [6.45, 7) is 5.80. The number of pyridine rings is 1. The molecule has 0 radical (unpaired) electrons. The predicted octanol–water partition coefficient (Wildman–Crippen LogP) is 1.56. The van der Waals surface area contributed by atoms with Crippen molar-refractivity contribution in [3.8, 4) is 0 Å². The van der Waals surface area contributed by atoms with E-state index in [-0.39, 0.29) is 24.7 Å². The maximum atomic E-state index is 11.6. The van der Waals surface area contributed by atoms with Gasteiger partial charge >= 0.3 is 6.09 Å². The minimum atomic E-state index is -0.575. The summed E-state index contributed by atoms with van der Waals surface area (Å²) in [5, 5.41) is 13.2. The Hall–Kier alpha value is -2.22. The van der Waals surface area contributed by atoms with Crippen molar-refractivity contribution < 1.29 is 14.5 Å². The summed E-state index contributed by atoms with van der Waals surface area (Å²) in [5.41, 5.74) is 5.57. The van der Waals surface area contributed by atoms with Crippen LogP contribution in [0.25, 0.3) is 0 Å². The summed E-state index contributed by atoms with van der Waals surface area (Å²) in [4.78, 5) is 25.6. The fourth-order valence-electron chi connectivity index (χ4n) is 1.58. The highest BCUT2D eigenvalue weighted by Gasteiger charge is 2.18. The van der Waals surface area contributed by atoms with Crippen molar-refractivity contribution in [1.29, 1.82) is 0 Å². The molecule has 1 unspecified atom stereocenters. The molecule has 21 heavy (non-hydrogen) atoms. The van der Waals surface area contributed by atoms with Crippen molar-refractivity contribution in [2.45, 2.75) is 32.3 Å². The first-order chi connectivity index (χ1) is 9.73. The molecule has 1 aromatic rings. The van der Waals surface area contributed by atoms with E-state index in [4.69, 9.17) is 10.5 Å². The number of hydrogen-bond acceptors (Lipinski definition) is 6. The zero-order valence-electron chi connectivity index (χ0n) is 12.3. The van der Waals surface area contributed by atoms with Crippen molar-refractivity contribution >= 4 is 11.8 Å². The van der Waals surface area contributed by atoms with Gasteiger partial charge < -0.3 is 15.8 Å². The number of ether oxygens (including phenoxy) is 1. The van der Waals surface area contributed by atoms with Gasteiger partial charge in [0.2, 0.25) is 0 Å². The Morgan fingerprint density at radius 2 is 2.19 bits per heavy atom. The minimum Gasteiger partial charge on any atom is -0.444 e. The van der Waals surface area contributed by atoms with Crippen LogP contribution in [0.2, 0.25) is 0 Å². The number of hydrogen-bond donors (Lipinski definition) is 2. The Balaban J connectivity index is 2.62. The minimum absolute atomic E-state index is 0.0883. The van der Waals surface area contributed by atoms with E-state index in [1.54, 1.807) is 20.8 Å². The Morgan fingerprint density at radius 3 is 2.62 bits per heavy atom. The molecule has 1 heterocycles. The molecule has 0 aliphatic carbocycles. The van der Waals surface area contributed by atoms with Crippen LogP contribution in [0, 0.1) is 10.1 Å². The van der Waals surface area contributed by atoms with E-state index >= 15 is 0 Å². The SMILES string of the molecule is CC(C)(C)OC(=O)NCC(CN)c1ccc([N+](=O)[O-])cn1. The van der Waals surface area contributed by atoms with Gasteiger partial charge in [-0.1, -0.05) is 0 Å². The molecular formula is C13H20N4O4. The van der Waals surface area contributed by atoms with Gasteiger partial charge in [-0.25, -0.2) is 4.79 Å². The second-order valence-corrected chi connectivity index (χ2v) is 5.51. The van der Waals surface area contributed by atoms with E-state index in [1.807, 2.05) is 0 Å². The third kappa shape index (κ3) is 5.74. The standard InChI is InChI=1S/C13H20N4O4/c1-13(2,3)21-12(18)16-7-9(6-14)11-5-4-10(8-15-11)17(19)20/h4-5,8-9H,6-7,14H2,1-3H3,(H,16,18). The van der Waals surface area contributed by atoms with E-state index in [0.29, 0.717) is 5.69 Å². The molecule has 8 heteroatoms. The highest BCUT2D eigenvalue weighted by atomic mass is 16.6. The first kappa shape index (κ1) is 16.8. The summed E-state index contributed by atoms with van der Waals surface area (Å²) < 4.78 is 5.12. The number of carbonyl (C=O) groups excluding carboxylic acids is 1. The molecule has 1 aromatic heterocycles. The maximum Gasteiger partial charge on any atom is 0.407 e. The third-order valence-electron chi connectivity index (χ3n) is 2.58. The largest absolute Gasteiger partial charge is 0.444 e. The summed E-state index contributed by atoms with van der Waals surface area (Å²) in [6, 6.07) is 2.89. The lowest BCUT2D eigenvalue weighted by atomic mass is 10.1. The Morgan fingerprint density at radius 1 is 1.52 bits per heavy atom. The van der Waals surface area contributed by atoms with Crippen molar-refractivity contribution in [1.82, 2.24) is 10.3 Å². The Labute approximate surface area is 122 Å². The van der Waals surface area contributed by atoms with E-state index < -0.39 is 16.6 Å². The molecule has 116 valence electrons. The molecule has 1 rings (SSSR count). The van der Waals surface area contributed by atoms with E-state index in [9.17, 15) is 14.9 Å². The van der Waals surface area contributed by atoms with Crippen LogP contribution in [0.5, 0.6) is 0 Å². The van der Waals surface area contributed by atoms with Crippen molar-refractivity contribution in [2.24, 2.45) is 5.73 Å². The zero-order chi connectivity index (χ0) is 16.0. The number of nitrogens with zero attached hydrogens (tertiary/aromatic N) is 2. The fourth-order valence-corrected chi connectivity index (χ4v) is 1.58. The Bertz CT molecular complexity index is 496. The number of amides is 1. The van der Waals surface area contributed by atoms with Crippen LogP contribution in [-0.2, 0) is 4.74 Å². The highest BCUT2D eigenvalue weighted by molar-refractivity contribution is 5.67. The molecule has 1 atom stereocenters. The molecule has 3 N–H and O–H groups in total. The van der Waals surface area contributed by atoms with Crippen LogP contribution in [0.15, 0.2) is 18.3 Å². The smallest absolute Gasteiger partial charge is 0.407 e. The van der Waals surface area contributed by atoms with Gasteiger partial charge in [0.05, 0.1) is 4.92 Å². The average Bonchev–Trinajstić information content (AvgIpc) is 2.38. The van der Waals surface area contributed by atoms with Gasteiger partial charge in [0.15, 0.2) is 0 Å². The molecule has 1 amide bonds. The van der Waals surface area contributed by atoms with Crippen molar-refractivity contribution in [3.05, 3.63) is 34.1 Å². The molecule has 0 saturated carbocycles. The first-order valence-corrected chi connectivity index (χ1v) is 6.50. The molecule has 8 nitrogen and oxygen atoms in total. The van der Waals surface area contributed by atoms with Crippen LogP contribution in [0.3, 0.4) is 0 Å². The molecule has 0 fully saturated rings. The van der Waals surface area contributed by atoms with Gasteiger partial charge in [-0.2, -0.15) is 0 Å². The number of nitrogens with one attached hydrogen (secondary N) is 1. The first-order valence-electron chi connectivity index (χ1n) is 6.50. The molecule has 0 bridgehead atoms. The highest BCUT2D eigenvalue weighted by Crippen LogP contribution is 2.15. The number of aromatic nitrogens is 1. The van der Waals surface area contributed by atoms with Crippen LogP contribution in [0.4, 0.5) is 10.5 Å². The van der Waals surface area contributed by atoms with Crippen molar-refractivity contribution in [2.75, 3.05) is 13.1 Å². The van der Waals surface area contributed by atoms with Gasteiger partial charge in [0, 0.05) is 30.8 Å². The van der Waals surface area contributed by atoms with E-state index in [1.165, 1.54) is 18.3 Å². The van der Waals surface area contributed by atoms with Gasteiger partial charge in [-0.3, -0.25) is 15.1 Å². The summed E-state index contributed by atoms with van der Waals surface area (Å²) >= 11 is 0. The van der Waals surface area contributed by atoms with Crippen LogP contribution < -0.4 is 11.1 Å². The monoisotopic (exact) mass is 296 g/mol. The van der Waals surface area contributed by atoms with Crippen LogP contribution in [0.1, 0.15) is 32.4 Å². The fraction of sp³-hybridized carbons (Fsp3) is 0.538. The second kappa shape index (κ2) is 6.98. The number of carbonyl (C=O) groups is 1. The van der Waals surface area contributed by atoms with Crippen LogP contribution >= 0.6 is 0 Å². The lowest BCUT2D eigenvalue weighted by Crippen LogP contribution is -2.36. The topological polar surface area (TPSA) is 120 Å². The summed E-state index contributed by atoms with van der Waals surface area (Å²) in [7, 11) is 0. The number of nitro groups is 1. The van der Waals surface area contributed by atoms with Crippen molar-refractivity contribution in [3.63, 3.8) is 0 Å². The van der Waals surface area contributed by atoms with Gasteiger partial charge in [0.25, 0.3) is 5.69 Å². The zero-order valence-corrected chi connectivity index (χ0v) is 12.3. The normalized spacial score (nSPS) is 12.6. The van der Waals surface area contributed by atoms with Gasteiger partial charge in [-0.05, 0) is 26.8 Å². The number of rotatable bonds is 5. The lowest BCUT2D eigenvalue weighted by molar-refractivity contribution is -0.385. The predicted molar refractivity (Wildman–Crippen MR) is 76.9 cm³/mol. The maximum absolute atomic E-state index is 11.6. The van der Waals surface area contributed by atoms with Crippen LogP contribution in [-0.4, -0.2) is 34.7 Å². The summed E-state index contributed by atoms with van der Waals surface area (Å²) in [6.07, 6.45) is 0.633. The second-order valence-electron chi connectivity index (χ2n) is 5.51. The molecule has 0 saturated heterocycles. The number of nitrogens with two attached hydrogens (primary N) is 1. The van der Waals surface area contributed by atoms with Gasteiger partial charge in [0.1, 0.15) is 11.8 Å². The molecular weight excluding hydrogens is 276 g/mol. The number of alkyl carbamates (subject to hydrolysis) is 1. The van der Waals surface area contributed by atoms with Gasteiger partial charge in [-0.15, -0.1) is 0 Å².